The molecule has 4 aromatic rings. The lowest BCUT2D eigenvalue weighted by molar-refractivity contribution is 0.0955. The standard InChI is InChI=1S/C25H27ClN4OS/c1-3-30(17-18-8-5-4-6-9-18)15-7-14-27-24(31)22-16-21-23(28-29(2)25(21)32-22)19-10-12-20(26)13-11-19/h4-6,8-13,16H,3,7,14-15,17H2,1-2H3,(H,27,31). The predicted octanol–water partition coefficient (Wildman–Crippen LogP) is 5.60. The summed E-state index contributed by atoms with van der Waals surface area (Å²) in [7, 11) is 1.91. The number of aromatic nitrogens is 2. The van der Waals surface area contributed by atoms with Gasteiger partial charge in [0.2, 0.25) is 0 Å². The van der Waals surface area contributed by atoms with Crippen molar-refractivity contribution in [3.05, 3.63) is 76.1 Å². The maximum absolute atomic E-state index is 12.8. The smallest absolute Gasteiger partial charge is 0.261 e. The second-order valence-corrected chi connectivity index (χ2v) is 9.24. The molecular weight excluding hydrogens is 440 g/mol. The molecule has 5 nitrogen and oxygen atoms in total. The number of aryl methyl sites for hydroxylation is 1. The molecule has 2 aromatic carbocycles. The Bertz CT molecular complexity index is 1180. The van der Waals surface area contributed by atoms with Crippen molar-refractivity contribution in [3.63, 3.8) is 0 Å². The van der Waals surface area contributed by atoms with Crippen molar-refractivity contribution in [3.8, 4) is 11.3 Å². The van der Waals surface area contributed by atoms with Crippen LogP contribution < -0.4 is 5.32 Å². The Labute approximate surface area is 197 Å². The molecule has 0 unspecified atom stereocenters. The number of carbonyl (C=O) groups is 1. The Morgan fingerprint density at radius 1 is 1.16 bits per heavy atom. The quantitative estimate of drug-likeness (QED) is 0.327. The van der Waals surface area contributed by atoms with Crippen LogP contribution in [-0.2, 0) is 13.6 Å². The first kappa shape index (κ1) is 22.5. The van der Waals surface area contributed by atoms with Gasteiger partial charge in [0, 0.05) is 42.7 Å². The van der Waals surface area contributed by atoms with Gasteiger partial charge in [-0.15, -0.1) is 11.3 Å². The fourth-order valence-electron chi connectivity index (χ4n) is 3.76. The van der Waals surface area contributed by atoms with E-state index in [-0.39, 0.29) is 5.91 Å². The van der Waals surface area contributed by atoms with Gasteiger partial charge in [-0.05, 0) is 36.7 Å². The van der Waals surface area contributed by atoms with Gasteiger partial charge in [-0.25, -0.2) is 0 Å². The van der Waals surface area contributed by atoms with Gasteiger partial charge in [0.15, 0.2) is 0 Å². The van der Waals surface area contributed by atoms with Crippen LogP contribution in [0.15, 0.2) is 60.7 Å². The second-order valence-electron chi connectivity index (χ2n) is 7.77. The van der Waals surface area contributed by atoms with Crippen molar-refractivity contribution < 1.29 is 4.79 Å². The highest BCUT2D eigenvalue weighted by Crippen LogP contribution is 2.34. The molecule has 0 radical (unpaired) electrons. The van der Waals surface area contributed by atoms with Crippen molar-refractivity contribution in [1.82, 2.24) is 20.0 Å². The van der Waals surface area contributed by atoms with Crippen molar-refractivity contribution >= 4 is 39.1 Å². The Morgan fingerprint density at radius 3 is 2.62 bits per heavy atom. The third-order valence-corrected chi connectivity index (χ3v) is 6.94. The van der Waals surface area contributed by atoms with Crippen molar-refractivity contribution in [2.24, 2.45) is 7.05 Å². The van der Waals surface area contributed by atoms with Crippen LogP contribution in [0.3, 0.4) is 0 Å². The minimum Gasteiger partial charge on any atom is -0.351 e. The first-order chi connectivity index (χ1) is 15.5. The predicted molar refractivity (Wildman–Crippen MR) is 133 cm³/mol. The molecule has 1 amide bonds. The van der Waals surface area contributed by atoms with E-state index < -0.39 is 0 Å². The third kappa shape index (κ3) is 5.21. The molecule has 0 aliphatic heterocycles. The van der Waals surface area contributed by atoms with E-state index in [4.69, 9.17) is 11.6 Å². The summed E-state index contributed by atoms with van der Waals surface area (Å²) in [5.41, 5.74) is 3.17. The van der Waals surface area contributed by atoms with Gasteiger partial charge in [0.05, 0.1) is 4.88 Å². The summed E-state index contributed by atoms with van der Waals surface area (Å²) >= 11 is 7.49. The average molecular weight is 467 g/mol. The molecule has 166 valence electrons. The zero-order chi connectivity index (χ0) is 22.5. The lowest BCUT2D eigenvalue weighted by atomic mass is 10.1. The Kier molecular flexibility index (Phi) is 7.25. The molecule has 32 heavy (non-hydrogen) atoms. The molecular formula is C25H27ClN4OS. The van der Waals surface area contributed by atoms with Crippen LogP contribution in [0.2, 0.25) is 5.02 Å². The number of hydrogen-bond acceptors (Lipinski definition) is 4. The zero-order valence-electron chi connectivity index (χ0n) is 18.3. The molecule has 0 atom stereocenters. The third-order valence-electron chi connectivity index (χ3n) is 5.49. The topological polar surface area (TPSA) is 50.2 Å². The van der Waals surface area contributed by atoms with E-state index in [1.54, 1.807) is 0 Å². The highest BCUT2D eigenvalue weighted by Gasteiger charge is 2.18. The summed E-state index contributed by atoms with van der Waals surface area (Å²) in [6.45, 7) is 5.69. The average Bonchev–Trinajstić information content (AvgIpc) is 3.38. The van der Waals surface area contributed by atoms with E-state index in [9.17, 15) is 4.79 Å². The minimum absolute atomic E-state index is 0.0284. The second kappa shape index (κ2) is 10.3. The number of hydrogen-bond donors (Lipinski definition) is 1. The highest BCUT2D eigenvalue weighted by molar-refractivity contribution is 7.20. The fraction of sp³-hybridized carbons (Fsp3) is 0.280. The number of carbonyl (C=O) groups excluding carboxylic acids is 1. The number of nitrogens with zero attached hydrogens (tertiary/aromatic N) is 3. The first-order valence-corrected chi connectivity index (χ1v) is 12.0. The van der Waals surface area contributed by atoms with Crippen molar-refractivity contribution in [2.45, 2.75) is 19.9 Å². The number of thiophene rings is 1. The molecule has 1 N–H and O–H groups in total. The van der Waals surface area contributed by atoms with Gasteiger partial charge in [0.1, 0.15) is 10.5 Å². The summed E-state index contributed by atoms with van der Waals surface area (Å²) < 4.78 is 1.84. The van der Waals surface area contributed by atoms with Crippen LogP contribution in [0.4, 0.5) is 0 Å². The van der Waals surface area contributed by atoms with Crippen LogP contribution in [0.1, 0.15) is 28.6 Å². The van der Waals surface area contributed by atoms with Gasteiger partial charge in [-0.3, -0.25) is 14.4 Å². The number of rotatable bonds is 9. The first-order valence-electron chi connectivity index (χ1n) is 10.8. The van der Waals surface area contributed by atoms with Crippen LogP contribution in [0.5, 0.6) is 0 Å². The molecule has 2 heterocycles. The zero-order valence-corrected chi connectivity index (χ0v) is 19.9. The Balaban J connectivity index is 1.36. The van der Waals surface area contributed by atoms with Crippen molar-refractivity contribution in [1.29, 1.82) is 0 Å². The lowest BCUT2D eigenvalue weighted by Crippen LogP contribution is -2.29. The number of fused-ring (bicyclic) bond motifs is 1. The Morgan fingerprint density at radius 2 is 1.91 bits per heavy atom. The largest absolute Gasteiger partial charge is 0.351 e. The summed E-state index contributed by atoms with van der Waals surface area (Å²) in [4.78, 5) is 16.8. The molecule has 0 saturated carbocycles. The van der Waals surface area contributed by atoms with Crippen LogP contribution in [-0.4, -0.2) is 40.2 Å². The van der Waals surface area contributed by atoms with E-state index in [2.05, 4.69) is 46.5 Å². The van der Waals surface area contributed by atoms with Gasteiger partial charge in [-0.2, -0.15) is 5.10 Å². The van der Waals surface area contributed by atoms with Crippen LogP contribution in [0, 0.1) is 0 Å². The molecule has 0 saturated heterocycles. The molecule has 0 spiro atoms. The van der Waals surface area contributed by atoms with E-state index in [0.29, 0.717) is 16.4 Å². The normalized spacial score (nSPS) is 11.4. The highest BCUT2D eigenvalue weighted by atomic mass is 35.5. The van der Waals surface area contributed by atoms with Crippen LogP contribution in [0.25, 0.3) is 21.5 Å². The monoisotopic (exact) mass is 466 g/mol. The molecule has 7 heteroatoms. The fourth-order valence-corrected chi connectivity index (χ4v) is 4.87. The maximum Gasteiger partial charge on any atom is 0.261 e. The number of amides is 1. The van der Waals surface area contributed by atoms with Gasteiger partial charge >= 0.3 is 0 Å². The SMILES string of the molecule is CCN(CCCNC(=O)c1cc2c(-c3ccc(Cl)cc3)nn(C)c2s1)Cc1ccccc1. The molecule has 0 bridgehead atoms. The van der Waals surface area contributed by atoms with Gasteiger partial charge < -0.3 is 5.32 Å². The minimum atomic E-state index is -0.0284. The van der Waals surface area contributed by atoms with E-state index in [0.717, 1.165) is 47.5 Å². The molecule has 0 aliphatic rings. The van der Waals surface area contributed by atoms with E-state index in [1.807, 2.05) is 48.1 Å². The Hall–Kier alpha value is -2.67. The summed E-state index contributed by atoms with van der Waals surface area (Å²) in [5.74, 6) is -0.0284. The number of nitrogens with one attached hydrogen (secondary N) is 1. The van der Waals surface area contributed by atoms with E-state index in [1.165, 1.54) is 16.9 Å². The number of halogens is 1. The van der Waals surface area contributed by atoms with Crippen molar-refractivity contribution in [2.75, 3.05) is 19.6 Å². The summed E-state index contributed by atoms with van der Waals surface area (Å²) in [5, 5.41) is 9.39. The van der Waals surface area contributed by atoms with E-state index >= 15 is 0 Å². The lowest BCUT2D eigenvalue weighted by Gasteiger charge is -2.20. The summed E-state index contributed by atoms with van der Waals surface area (Å²) in [6, 6.07) is 20.1. The van der Waals surface area contributed by atoms with Gasteiger partial charge in [-0.1, -0.05) is 61.0 Å². The molecule has 2 aromatic heterocycles. The molecule has 4 rings (SSSR count). The number of benzene rings is 2. The summed E-state index contributed by atoms with van der Waals surface area (Å²) in [6.07, 6.45) is 0.912. The van der Waals surface area contributed by atoms with Gasteiger partial charge in [0.25, 0.3) is 5.91 Å². The molecule has 0 fully saturated rings. The molecule has 0 aliphatic carbocycles. The maximum atomic E-state index is 12.8. The van der Waals surface area contributed by atoms with Crippen LogP contribution >= 0.6 is 22.9 Å².